The van der Waals surface area contributed by atoms with Crippen LogP contribution >= 0.6 is 0 Å². The monoisotopic (exact) mass is 343 g/mol. The number of carbonyl (C=O) groups is 1. The number of ketones is 1. The summed E-state index contributed by atoms with van der Waals surface area (Å²) in [6, 6.07) is 3.93. The molecule has 1 aliphatic rings. The van der Waals surface area contributed by atoms with E-state index >= 15 is 0 Å². The fourth-order valence-electron chi connectivity index (χ4n) is 3.27. The van der Waals surface area contributed by atoms with E-state index < -0.39 is 11.2 Å². The van der Waals surface area contributed by atoms with Crippen molar-refractivity contribution >= 4 is 11.6 Å². The molecule has 3 rings (SSSR count). The number of nitrogen functional groups attached to an aromatic ring is 1. The summed E-state index contributed by atoms with van der Waals surface area (Å²) in [6.07, 6.45) is 4.51. The van der Waals surface area contributed by atoms with Gasteiger partial charge in [-0.2, -0.15) is 0 Å². The van der Waals surface area contributed by atoms with E-state index in [9.17, 15) is 14.4 Å². The van der Waals surface area contributed by atoms with Crippen molar-refractivity contribution in [2.45, 2.75) is 12.3 Å². The van der Waals surface area contributed by atoms with E-state index in [-0.39, 0.29) is 23.7 Å². The third kappa shape index (κ3) is 3.12. The molecule has 0 radical (unpaired) electrons. The van der Waals surface area contributed by atoms with E-state index in [0.717, 1.165) is 34.2 Å². The van der Waals surface area contributed by atoms with Gasteiger partial charge in [0.1, 0.15) is 11.4 Å². The van der Waals surface area contributed by atoms with Crippen LogP contribution < -0.4 is 17.0 Å². The smallest absolute Gasteiger partial charge is 0.332 e. The van der Waals surface area contributed by atoms with Crippen LogP contribution in [0.4, 0.5) is 5.82 Å². The van der Waals surface area contributed by atoms with Gasteiger partial charge in [0.25, 0.3) is 5.56 Å². The highest BCUT2D eigenvalue weighted by atomic mass is 16.2. The molecule has 0 aliphatic carbocycles. The van der Waals surface area contributed by atoms with Gasteiger partial charge in [-0.25, -0.2) is 4.79 Å². The van der Waals surface area contributed by atoms with Gasteiger partial charge in [-0.3, -0.25) is 28.6 Å². The molecule has 1 saturated heterocycles. The van der Waals surface area contributed by atoms with Crippen LogP contribution in [0.2, 0.25) is 0 Å². The summed E-state index contributed by atoms with van der Waals surface area (Å²) < 4.78 is 2.03. The molecule has 0 spiro atoms. The maximum Gasteiger partial charge on any atom is 0.332 e. The van der Waals surface area contributed by atoms with Gasteiger partial charge in [-0.15, -0.1) is 0 Å². The number of aromatic nitrogens is 3. The van der Waals surface area contributed by atoms with Crippen molar-refractivity contribution in [1.29, 1.82) is 0 Å². The number of nitrogens with two attached hydrogens (primary N) is 1. The van der Waals surface area contributed by atoms with Crippen LogP contribution in [0.1, 0.15) is 28.3 Å². The van der Waals surface area contributed by atoms with Crippen LogP contribution in [0.5, 0.6) is 0 Å². The predicted molar refractivity (Wildman–Crippen MR) is 93.7 cm³/mol. The summed E-state index contributed by atoms with van der Waals surface area (Å²) in [7, 11) is 2.79. The molecule has 0 aromatic carbocycles. The van der Waals surface area contributed by atoms with Crippen molar-refractivity contribution in [1.82, 2.24) is 19.0 Å². The van der Waals surface area contributed by atoms with E-state index in [1.54, 1.807) is 6.20 Å². The molecule has 0 amide bonds. The molecule has 2 N–H and O–H groups in total. The molecule has 1 fully saturated rings. The SMILES string of the molecule is Cn1c(N)c(C(=O)CN2CCC(c3cccnc3)C2)c(=O)n(C)c1=O. The molecular formula is C17H21N5O3. The van der Waals surface area contributed by atoms with Crippen LogP contribution in [0.3, 0.4) is 0 Å². The Kier molecular flexibility index (Phi) is 4.54. The third-order valence-corrected chi connectivity index (χ3v) is 4.78. The van der Waals surface area contributed by atoms with E-state index in [1.807, 2.05) is 23.2 Å². The number of nitrogens with zero attached hydrogens (tertiary/aromatic N) is 4. The molecule has 1 unspecified atom stereocenters. The molecule has 1 aliphatic heterocycles. The fraction of sp³-hybridized carbons (Fsp3) is 0.412. The van der Waals surface area contributed by atoms with E-state index in [2.05, 4.69) is 4.98 Å². The molecule has 8 nitrogen and oxygen atoms in total. The van der Waals surface area contributed by atoms with Crippen molar-refractivity contribution in [2.24, 2.45) is 14.1 Å². The second kappa shape index (κ2) is 6.64. The number of anilines is 1. The van der Waals surface area contributed by atoms with E-state index in [4.69, 9.17) is 5.73 Å². The Labute approximate surface area is 144 Å². The van der Waals surface area contributed by atoms with Crippen LogP contribution in [0.25, 0.3) is 0 Å². The highest BCUT2D eigenvalue weighted by Gasteiger charge is 2.28. The lowest BCUT2D eigenvalue weighted by molar-refractivity contribution is 0.0942. The first-order valence-corrected chi connectivity index (χ1v) is 8.11. The fourth-order valence-corrected chi connectivity index (χ4v) is 3.27. The zero-order valence-corrected chi connectivity index (χ0v) is 14.3. The normalized spacial score (nSPS) is 17.8. The molecule has 0 saturated carbocycles. The molecule has 8 heteroatoms. The highest BCUT2D eigenvalue weighted by molar-refractivity contribution is 6.01. The highest BCUT2D eigenvalue weighted by Crippen LogP contribution is 2.26. The molecular weight excluding hydrogens is 322 g/mol. The topological polar surface area (TPSA) is 103 Å². The van der Waals surface area contributed by atoms with Crippen molar-refractivity contribution in [2.75, 3.05) is 25.4 Å². The zero-order valence-electron chi connectivity index (χ0n) is 14.3. The molecule has 3 heterocycles. The van der Waals surface area contributed by atoms with Gasteiger partial charge in [0, 0.05) is 33.0 Å². The van der Waals surface area contributed by atoms with Crippen molar-refractivity contribution in [3.8, 4) is 0 Å². The van der Waals surface area contributed by atoms with Gasteiger partial charge in [0.15, 0.2) is 5.78 Å². The van der Waals surface area contributed by atoms with Gasteiger partial charge < -0.3 is 5.73 Å². The summed E-state index contributed by atoms with van der Waals surface area (Å²) in [5.74, 6) is -0.122. The Balaban J connectivity index is 1.78. The third-order valence-electron chi connectivity index (χ3n) is 4.78. The summed E-state index contributed by atoms with van der Waals surface area (Å²) in [6.45, 7) is 1.59. The first-order chi connectivity index (χ1) is 11.9. The Morgan fingerprint density at radius 1 is 1.32 bits per heavy atom. The number of likely N-dealkylation sites (tertiary alicyclic amines) is 1. The lowest BCUT2D eigenvalue weighted by Gasteiger charge is -2.16. The Bertz CT molecular complexity index is 916. The Hall–Kier alpha value is -2.74. The van der Waals surface area contributed by atoms with Gasteiger partial charge in [-0.1, -0.05) is 6.07 Å². The number of carbonyl (C=O) groups excluding carboxylic acids is 1. The van der Waals surface area contributed by atoms with E-state index in [0.29, 0.717) is 5.92 Å². The molecule has 2 aromatic rings. The Morgan fingerprint density at radius 3 is 2.76 bits per heavy atom. The van der Waals surface area contributed by atoms with Gasteiger partial charge >= 0.3 is 5.69 Å². The molecule has 25 heavy (non-hydrogen) atoms. The average Bonchev–Trinajstić information content (AvgIpc) is 3.07. The maximum absolute atomic E-state index is 12.6. The van der Waals surface area contributed by atoms with Gasteiger partial charge in [-0.05, 0) is 30.5 Å². The summed E-state index contributed by atoms with van der Waals surface area (Å²) in [5, 5.41) is 0. The second-order valence-corrected chi connectivity index (χ2v) is 6.40. The van der Waals surface area contributed by atoms with Crippen LogP contribution in [-0.4, -0.2) is 44.4 Å². The summed E-state index contributed by atoms with van der Waals surface area (Å²) >= 11 is 0. The molecule has 132 valence electrons. The average molecular weight is 343 g/mol. The first kappa shape index (κ1) is 17.1. The van der Waals surface area contributed by atoms with E-state index in [1.165, 1.54) is 14.1 Å². The van der Waals surface area contributed by atoms with Crippen molar-refractivity contribution in [3.63, 3.8) is 0 Å². The largest absolute Gasteiger partial charge is 0.384 e. The minimum Gasteiger partial charge on any atom is -0.384 e. The van der Waals surface area contributed by atoms with Crippen LogP contribution in [-0.2, 0) is 14.1 Å². The van der Waals surface area contributed by atoms with Gasteiger partial charge in [0.05, 0.1) is 6.54 Å². The lowest BCUT2D eigenvalue weighted by Crippen LogP contribution is -2.43. The molecule has 0 bridgehead atoms. The van der Waals surface area contributed by atoms with Crippen molar-refractivity contribution < 1.29 is 4.79 Å². The minimum absolute atomic E-state index is 0.0823. The lowest BCUT2D eigenvalue weighted by atomic mass is 10.0. The standard InChI is InChI=1S/C17H21N5O3/c1-20-15(18)14(16(24)21(2)17(20)25)13(23)10-22-7-5-12(9-22)11-4-3-6-19-8-11/h3-4,6,8,12H,5,7,9-10,18H2,1-2H3. The maximum atomic E-state index is 12.6. The first-order valence-electron chi connectivity index (χ1n) is 8.11. The number of pyridine rings is 1. The number of Topliss-reactive ketones (excluding diaryl/α,β-unsaturated/α-hetero) is 1. The zero-order chi connectivity index (χ0) is 18.1. The minimum atomic E-state index is -0.645. The molecule has 1 atom stereocenters. The van der Waals surface area contributed by atoms with Crippen molar-refractivity contribution in [3.05, 3.63) is 56.5 Å². The van der Waals surface area contributed by atoms with Crippen LogP contribution in [0.15, 0.2) is 34.1 Å². The Morgan fingerprint density at radius 2 is 2.08 bits per heavy atom. The second-order valence-electron chi connectivity index (χ2n) is 6.40. The number of hydrogen-bond acceptors (Lipinski definition) is 6. The molecule has 2 aromatic heterocycles. The number of rotatable bonds is 4. The summed E-state index contributed by atoms with van der Waals surface area (Å²) in [5.41, 5.74) is 5.69. The quantitative estimate of drug-likeness (QED) is 0.767. The van der Waals surface area contributed by atoms with Gasteiger partial charge in [0.2, 0.25) is 0 Å². The predicted octanol–water partition coefficient (Wildman–Crippen LogP) is -0.267. The number of hydrogen-bond donors (Lipinski definition) is 1. The van der Waals surface area contributed by atoms with Crippen LogP contribution in [0, 0.1) is 0 Å². The summed E-state index contributed by atoms with van der Waals surface area (Å²) in [4.78, 5) is 42.9.